The number of nitroso groups, excluding NO2 is 1. The summed E-state index contributed by atoms with van der Waals surface area (Å²) in [7, 11) is 0. The number of alkyl halides is 1. The Morgan fingerprint density at radius 1 is 1.86 bits per heavy atom. The molecule has 0 aliphatic carbocycles. The summed E-state index contributed by atoms with van der Waals surface area (Å²) in [6.07, 6.45) is 0. The Morgan fingerprint density at radius 3 is 2.29 bits per heavy atom. The van der Waals surface area contributed by atoms with Gasteiger partial charge in [0.2, 0.25) is 5.50 Å². The van der Waals surface area contributed by atoms with E-state index < -0.39 is 11.4 Å². The van der Waals surface area contributed by atoms with Gasteiger partial charge >= 0.3 is 0 Å². The summed E-state index contributed by atoms with van der Waals surface area (Å²) in [6.45, 7) is 0. The number of carbonyl (C=O) groups is 1. The molecule has 0 aromatic heterocycles. The monoisotopic (exact) mass is 122 g/mol. The topological polar surface area (TPSA) is 72.5 Å². The fourth-order valence-corrected chi connectivity index (χ4v) is 0.0519. The first-order valence-electron chi connectivity index (χ1n) is 1.44. The number of rotatable bonds is 2. The van der Waals surface area contributed by atoms with E-state index in [0.29, 0.717) is 0 Å². The highest BCUT2D eigenvalue weighted by molar-refractivity contribution is 6.30. The Hall–Kier alpha value is -0.640. The highest BCUT2D eigenvalue weighted by Crippen LogP contribution is 1.92. The van der Waals surface area contributed by atoms with Crippen LogP contribution in [-0.2, 0) is 4.79 Å². The van der Waals surface area contributed by atoms with Crippen molar-refractivity contribution >= 4 is 17.5 Å². The minimum atomic E-state index is -1.42. The van der Waals surface area contributed by atoms with E-state index in [1.807, 2.05) is 0 Å². The lowest BCUT2D eigenvalue weighted by atomic mass is 10.6. The van der Waals surface area contributed by atoms with Crippen LogP contribution in [0.5, 0.6) is 0 Å². The van der Waals surface area contributed by atoms with Crippen LogP contribution in [-0.4, -0.2) is 11.4 Å². The van der Waals surface area contributed by atoms with Crippen molar-refractivity contribution in [3.63, 3.8) is 0 Å². The minimum absolute atomic E-state index is 0.920. The maximum atomic E-state index is 9.73. The van der Waals surface area contributed by atoms with Crippen molar-refractivity contribution < 1.29 is 4.79 Å². The van der Waals surface area contributed by atoms with Crippen molar-refractivity contribution in [2.75, 3.05) is 0 Å². The molecule has 0 aliphatic heterocycles. The highest BCUT2D eigenvalue weighted by atomic mass is 35.5. The van der Waals surface area contributed by atoms with Crippen molar-refractivity contribution in [1.82, 2.24) is 0 Å². The van der Waals surface area contributed by atoms with Crippen LogP contribution >= 0.6 is 11.6 Å². The first-order valence-corrected chi connectivity index (χ1v) is 1.88. The van der Waals surface area contributed by atoms with Gasteiger partial charge in [-0.25, -0.2) is 0 Å². The Balaban J connectivity index is 3.55. The molecule has 0 heterocycles. The van der Waals surface area contributed by atoms with E-state index in [-0.39, 0.29) is 0 Å². The molecule has 1 amide bonds. The highest BCUT2D eigenvalue weighted by Gasteiger charge is 2.08. The first-order chi connectivity index (χ1) is 3.18. The van der Waals surface area contributed by atoms with Gasteiger partial charge in [-0.3, -0.25) is 4.79 Å². The summed E-state index contributed by atoms with van der Waals surface area (Å²) in [4.78, 5) is 19.0. The third-order valence-corrected chi connectivity index (χ3v) is 0.622. The quantitative estimate of drug-likeness (QED) is 0.313. The molecule has 0 radical (unpaired) electrons. The predicted octanol–water partition coefficient (Wildman–Crippen LogP) is -0.197. The minimum Gasteiger partial charge on any atom is -0.367 e. The van der Waals surface area contributed by atoms with Crippen molar-refractivity contribution in [1.29, 1.82) is 0 Å². The molecule has 7 heavy (non-hydrogen) atoms. The summed E-state index contributed by atoms with van der Waals surface area (Å²) < 4.78 is 0. The molecule has 5 heteroatoms. The first kappa shape index (κ1) is 6.36. The van der Waals surface area contributed by atoms with Gasteiger partial charge in [0.15, 0.2) is 0 Å². The van der Waals surface area contributed by atoms with Crippen molar-refractivity contribution in [3.05, 3.63) is 4.91 Å². The number of nitrogens with zero attached hydrogens (tertiary/aromatic N) is 1. The van der Waals surface area contributed by atoms with Crippen molar-refractivity contribution in [2.45, 2.75) is 5.50 Å². The Labute approximate surface area is 44.6 Å². The summed E-state index contributed by atoms with van der Waals surface area (Å²) >= 11 is 4.85. The second-order valence-electron chi connectivity index (χ2n) is 0.844. The van der Waals surface area contributed by atoms with Crippen LogP contribution in [0.15, 0.2) is 5.18 Å². The largest absolute Gasteiger partial charge is 0.367 e. The average Bonchev–Trinajstić information content (AvgIpc) is 1.65. The summed E-state index contributed by atoms with van der Waals surface area (Å²) in [5.74, 6) is -0.920. The molecule has 1 atom stereocenters. The molecule has 0 rings (SSSR count). The Morgan fingerprint density at radius 2 is 2.29 bits per heavy atom. The normalized spacial score (nSPS) is 12.7. The number of hydrogen-bond acceptors (Lipinski definition) is 3. The van der Waals surface area contributed by atoms with Crippen molar-refractivity contribution in [3.8, 4) is 0 Å². The van der Waals surface area contributed by atoms with Crippen LogP contribution in [0.3, 0.4) is 0 Å². The second-order valence-corrected chi connectivity index (χ2v) is 1.26. The zero-order chi connectivity index (χ0) is 5.86. The predicted molar refractivity (Wildman–Crippen MR) is 24.6 cm³/mol. The van der Waals surface area contributed by atoms with Gasteiger partial charge in [0.05, 0.1) is 0 Å². The maximum absolute atomic E-state index is 9.73. The van der Waals surface area contributed by atoms with Crippen LogP contribution in [0.2, 0.25) is 0 Å². The van der Waals surface area contributed by atoms with Crippen LogP contribution in [0.25, 0.3) is 0 Å². The lowest BCUT2D eigenvalue weighted by molar-refractivity contribution is -0.117. The van der Waals surface area contributed by atoms with Crippen LogP contribution in [0.1, 0.15) is 0 Å². The second kappa shape index (κ2) is 2.52. The summed E-state index contributed by atoms with van der Waals surface area (Å²) in [6, 6.07) is 0. The molecular weight excluding hydrogens is 119 g/mol. The van der Waals surface area contributed by atoms with E-state index in [1.165, 1.54) is 0 Å². The van der Waals surface area contributed by atoms with E-state index >= 15 is 0 Å². The lowest BCUT2D eigenvalue weighted by Crippen LogP contribution is -2.20. The van der Waals surface area contributed by atoms with Crippen LogP contribution in [0, 0.1) is 4.91 Å². The third-order valence-electron chi connectivity index (χ3n) is 0.327. The number of amides is 1. The number of hydrogen-bond donors (Lipinski definition) is 1. The number of halogens is 1. The van der Waals surface area contributed by atoms with Crippen molar-refractivity contribution in [2.24, 2.45) is 10.9 Å². The van der Waals surface area contributed by atoms with Gasteiger partial charge in [-0.1, -0.05) is 11.6 Å². The van der Waals surface area contributed by atoms with Gasteiger partial charge in [-0.2, -0.15) is 0 Å². The van der Waals surface area contributed by atoms with Crippen LogP contribution < -0.4 is 5.73 Å². The summed E-state index contributed by atoms with van der Waals surface area (Å²) in [5.41, 5.74) is 3.07. The molecule has 0 aromatic carbocycles. The van der Waals surface area contributed by atoms with E-state index in [9.17, 15) is 9.70 Å². The van der Waals surface area contributed by atoms with Gasteiger partial charge in [-0.05, 0) is 5.18 Å². The fourth-order valence-electron chi connectivity index (χ4n) is 0.0519. The Kier molecular flexibility index (Phi) is 2.29. The molecular formula is C2H3ClN2O2. The SMILES string of the molecule is NC(=O)C(Cl)N=O. The Bertz CT molecular complexity index is 93.7. The van der Waals surface area contributed by atoms with Gasteiger partial charge < -0.3 is 5.73 Å². The molecule has 0 saturated heterocycles. The van der Waals surface area contributed by atoms with Gasteiger partial charge in [0.1, 0.15) is 0 Å². The molecule has 40 valence electrons. The zero-order valence-corrected chi connectivity index (χ0v) is 4.05. The zero-order valence-electron chi connectivity index (χ0n) is 3.30. The van der Waals surface area contributed by atoms with Gasteiger partial charge in [-0.15, -0.1) is 4.91 Å². The van der Waals surface area contributed by atoms with E-state index in [1.54, 1.807) is 0 Å². The van der Waals surface area contributed by atoms with Gasteiger partial charge in [0.25, 0.3) is 5.91 Å². The molecule has 4 nitrogen and oxygen atoms in total. The number of carbonyl (C=O) groups excluding carboxylic acids is 1. The molecule has 0 aliphatic rings. The molecule has 1 unspecified atom stereocenters. The maximum Gasteiger partial charge on any atom is 0.261 e. The molecule has 2 N–H and O–H groups in total. The number of nitrogens with two attached hydrogens (primary N) is 1. The molecule has 0 spiro atoms. The smallest absolute Gasteiger partial charge is 0.261 e. The van der Waals surface area contributed by atoms with E-state index in [2.05, 4.69) is 10.9 Å². The van der Waals surface area contributed by atoms with E-state index in [4.69, 9.17) is 11.6 Å². The lowest BCUT2D eigenvalue weighted by Gasteiger charge is -1.86. The molecule has 0 saturated carbocycles. The molecule has 0 fully saturated rings. The molecule has 0 aromatic rings. The standard InChI is InChI=1S/C2H3ClN2O2/c3-1(5-7)2(4)6/h1H,(H2,4,6). The van der Waals surface area contributed by atoms with Crippen LogP contribution in [0.4, 0.5) is 0 Å². The number of primary amides is 1. The fraction of sp³-hybridized carbons (Fsp3) is 0.500. The average molecular weight is 123 g/mol. The summed E-state index contributed by atoms with van der Waals surface area (Å²) in [5, 5.41) is 2.13. The van der Waals surface area contributed by atoms with E-state index in [0.717, 1.165) is 0 Å². The third kappa shape index (κ3) is 2.11. The molecule has 0 bridgehead atoms. The van der Waals surface area contributed by atoms with Gasteiger partial charge in [0, 0.05) is 0 Å².